The van der Waals surface area contributed by atoms with Crippen molar-refractivity contribution in [3.05, 3.63) is 29.8 Å². The Hall–Kier alpha value is -1.84. The zero-order chi connectivity index (χ0) is 16.3. The number of carbonyl (C=O) groups is 2. The monoisotopic (exact) mass is 302 g/mol. The number of hydrogen-bond donors (Lipinski definition) is 1. The van der Waals surface area contributed by atoms with Crippen molar-refractivity contribution in [2.75, 3.05) is 11.4 Å². The van der Waals surface area contributed by atoms with Crippen LogP contribution in [0.5, 0.6) is 0 Å². The molecule has 4 nitrogen and oxygen atoms in total. The van der Waals surface area contributed by atoms with Crippen LogP contribution in [0.15, 0.2) is 24.3 Å². The zero-order valence-electron chi connectivity index (χ0n) is 13.9. The first kappa shape index (κ1) is 16.5. The molecule has 0 aromatic heterocycles. The standard InChI is InChI=1S/C18H26N2O2/c1-12(2)20(16-8-6-5-7-13(16)3)17(21)9-10-19-18(22)15-11-14(15)4/h5-8,12,14-15H,9-11H2,1-4H3,(H,19,22)/t14-,15-/m1/s1. The molecule has 1 fully saturated rings. The molecule has 1 aliphatic carbocycles. The van der Waals surface area contributed by atoms with Crippen molar-refractivity contribution < 1.29 is 9.59 Å². The molecule has 0 unspecified atom stereocenters. The highest BCUT2D eigenvalue weighted by Gasteiger charge is 2.38. The fourth-order valence-corrected chi connectivity index (χ4v) is 2.77. The van der Waals surface area contributed by atoms with Crippen LogP contribution < -0.4 is 10.2 Å². The molecule has 0 radical (unpaired) electrons. The van der Waals surface area contributed by atoms with Gasteiger partial charge in [-0.25, -0.2) is 0 Å². The molecule has 1 saturated carbocycles. The second-order valence-corrected chi connectivity index (χ2v) is 6.50. The first-order valence-corrected chi connectivity index (χ1v) is 8.07. The molecule has 0 spiro atoms. The van der Waals surface area contributed by atoms with Crippen LogP contribution in [0.4, 0.5) is 5.69 Å². The van der Waals surface area contributed by atoms with Gasteiger partial charge in [0.1, 0.15) is 0 Å². The Morgan fingerprint density at radius 2 is 1.95 bits per heavy atom. The predicted octanol–water partition coefficient (Wildman–Crippen LogP) is 2.90. The maximum absolute atomic E-state index is 12.5. The Kier molecular flexibility index (Phi) is 5.22. The van der Waals surface area contributed by atoms with Crippen LogP contribution in [0.25, 0.3) is 0 Å². The molecule has 0 bridgehead atoms. The van der Waals surface area contributed by atoms with Gasteiger partial charge in [0.15, 0.2) is 0 Å². The van der Waals surface area contributed by atoms with Crippen LogP contribution in [-0.4, -0.2) is 24.4 Å². The Morgan fingerprint density at radius 3 is 2.50 bits per heavy atom. The summed E-state index contributed by atoms with van der Waals surface area (Å²) < 4.78 is 0. The van der Waals surface area contributed by atoms with Gasteiger partial charge in [0, 0.05) is 30.6 Å². The van der Waals surface area contributed by atoms with Crippen LogP contribution in [0.2, 0.25) is 0 Å². The van der Waals surface area contributed by atoms with Crippen molar-refractivity contribution in [3.8, 4) is 0 Å². The highest BCUT2D eigenvalue weighted by atomic mass is 16.2. The van der Waals surface area contributed by atoms with E-state index < -0.39 is 0 Å². The molecule has 1 aromatic carbocycles. The number of benzene rings is 1. The lowest BCUT2D eigenvalue weighted by Gasteiger charge is -2.28. The molecule has 120 valence electrons. The van der Waals surface area contributed by atoms with Gasteiger partial charge in [-0.3, -0.25) is 9.59 Å². The fourth-order valence-electron chi connectivity index (χ4n) is 2.77. The van der Waals surface area contributed by atoms with E-state index in [4.69, 9.17) is 0 Å². The SMILES string of the molecule is Cc1ccccc1N(C(=O)CCNC(=O)[C@@H]1C[C@H]1C)C(C)C. The normalized spacial score (nSPS) is 19.9. The number of nitrogens with one attached hydrogen (secondary N) is 1. The quantitative estimate of drug-likeness (QED) is 0.878. The molecule has 22 heavy (non-hydrogen) atoms. The van der Waals surface area contributed by atoms with Crippen molar-refractivity contribution in [2.24, 2.45) is 11.8 Å². The minimum atomic E-state index is 0.0495. The fraction of sp³-hybridized carbons (Fsp3) is 0.556. The minimum absolute atomic E-state index is 0.0495. The van der Waals surface area contributed by atoms with Gasteiger partial charge in [0.25, 0.3) is 0 Å². The first-order chi connectivity index (χ1) is 10.4. The molecule has 1 aromatic rings. The lowest BCUT2D eigenvalue weighted by atomic mass is 10.1. The number of aryl methyl sites for hydroxylation is 1. The van der Waals surface area contributed by atoms with Crippen LogP contribution in [-0.2, 0) is 9.59 Å². The van der Waals surface area contributed by atoms with E-state index in [1.165, 1.54) is 0 Å². The molecule has 0 aliphatic heterocycles. The van der Waals surface area contributed by atoms with Crippen LogP contribution in [0.1, 0.15) is 39.2 Å². The molecule has 4 heteroatoms. The summed E-state index contributed by atoms with van der Waals surface area (Å²) in [5.74, 6) is 0.795. The van der Waals surface area contributed by atoms with Crippen molar-refractivity contribution in [1.29, 1.82) is 0 Å². The van der Waals surface area contributed by atoms with Gasteiger partial charge in [0.2, 0.25) is 11.8 Å². The number of carbonyl (C=O) groups excluding carboxylic acids is 2. The lowest BCUT2D eigenvalue weighted by Crippen LogP contribution is -2.39. The van der Waals surface area contributed by atoms with Gasteiger partial charge in [-0.05, 0) is 44.7 Å². The molecular formula is C18H26N2O2. The second kappa shape index (κ2) is 6.95. The lowest BCUT2D eigenvalue weighted by molar-refractivity contribution is -0.122. The predicted molar refractivity (Wildman–Crippen MR) is 88.7 cm³/mol. The third-order valence-corrected chi connectivity index (χ3v) is 4.24. The van der Waals surface area contributed by atoms with Gasteiger partial charge in [-0.1, -0.05) is 25.1 Å². The molecule has 1 N–H and O–H groups in total. The molecule has 1 aliphatic rings. The Bertz CT molecular complexity index is 554. The van der Waals surface area contributed by atoms with Crippen molar-refractivity contribution in [2.45, 2.75) is 46.6 Å². The van der Waals surface area contributed by atoms with Crippen molar-refractivity contribution >= 4 is 17.5 Å². The highest BCUT2D eigenvalue weighted by molar-refractivity contribution is 5.95. The van der Waals surface area contributed by atoms with Gasteiger partial charge in [-0.15, -0.1) is 0 Å². The number of hydrogen-bond acceptors (Lipinski definition) is 2. The van der Waals surface area contributed by atoms with Crippen LogP contribution >= 0.6 is 0 Å². The zero-order valence-corrected chi connectivity index (χ0v) is 13.9. The van der Waals surface area contributed by atoms with E-state index >= 15 is 0 Å². The van der Waals surface area contributed by atoms with Crippen LogP contribution in [0, 0.1) is 18.8 Å². The number of nitrogens with zero attached hydrogens (tertiary/aromatic N) is 1. The summed E-state index contributed by atoms with van der Waals surface area (Å²) in [6.07, 6.45) is 1.31. The minimum Gasteiger partial charge on any atom is -0.355 e. The molecule has 2 atom stereocenters. The summed E-state index contributed by atoms with van der Waals surface area (Å²) in [5, 5.41) is 2.88. The molecular weight excluding hydrogens is 276 g/mol. The van der Waals surface area contributed by atoms with Crippen molar-refractivity contribution in [3.63, 3.8) is 0 Å². The molecule has 0 heterocycles. The largest absolute Gasteiger partial charge is 0.355 e. The van der Waals surface area contributed by atoms with Gasteiger partial charge >= 0.3 is 0 Å². The van der Waals surface area contributed by atoms with E-state index in [1.54, 1.807) is 0 Å². The Labute approximate surface area is 132 Å². The number of amides is 2. The number of anilines is 1. The summed E-state index contributed by atoms with van der Waals surface area (Å²) >= 11 is 0. The van der Waals surface area contributed by atoms with E-state index in [0.717, 1.165) is 17.7 Å². The smallest absolute Gasteiger partial charge is 0.229 e. The van der Waals surface area contributed by atoms with Gasteiger partial charge < -0.3 is 10.2 Å². The maximum atomic E-state index is 12.5. The summed E-state index contributed by atoms with van der Waals surface area (Å²) in [6, 6.07) is 7.99. The summed E-state index contributed by atoms with van der Waals surface area (Å²) in [4.78, 5) is 26.2. The number of rotatable bonds is 6. The number of para-hydroxylation sites is 1. The molecule has 2 rings (SSSR count). The summed E-state index contributed by atoms with van der Waals surface area (Å²) in [5.41, 5.74) is 2.03. The van der Waals surface area contributed by atoms with E-state index in [-0.39, 0.29) is 23.8 Å². The van der Waals surface area contributed by atoms with Gasteiger partial charge in [-0.2, -0.15) is 0 Å². The third kappa shape index (κ3) is 3.87. The second-order valence-electron chi connectivity index (χ2n) is 6.50. The highest BCUT2D eigenvalue weighted by Crippen LogP contribution is 2.37. The Balaban J connectivity index is 1.93. The summed E-state index contributed by atoms with van der Waals surface area (Å²) in [6.45, 7) is 8.52. The van der Waals surface area contributed by atoms with E-state index in [9.17, 15) is 9.59 Å². The van der Waals surface area contributed by atoms with E-state index in [1.807, 2.05) is 49.9 Å². The topological polar surface area (TPSA) is 49.4 Å². The third-order valence-electron chi connectivity index (χ3n) is 4.24. The van der Waals surface area contributed by atoms with E-state index in [2.05, 4.69) is 12.2 Å². The van der Waals surface area contributed by atoms with Crippen LogP contribution in [0.3, 0.4) is 0 Å². The van der Waals surface area contributed by atoms with Crippen molar-refractivity contribution in [1.82, 2.24) is 5.32 Å². The maximum Gasteiger partial charge on any atom is 0.229 e. The first-order valence-electron chi connectivity index (χ1n) is 8.07. The van der Waals surface area contributed by atoms with Gasteiger partial charge in [0.05, 0.1) is 0 Å². The Morgan fingerprint density at radius 1 is 1.32 bits per heavy atom. The average Bonchev–Trinajstić information content (AvgIpc) is 3.18. The molecule has 0 saturated heterocycles. The average molecular weight is 302 g/mol. The van der Waals surface area contributed by atoms with E-state index in [0.29, 0.717) is 18.9 Å². The molecule has 2 amide bonds. The summed E-state index contributed by atoms with van der Waals surface area (Å²) in [7, 11) is 0.